The molecule has 0 heterocycles. The van der Waals surface area contributed by atoms with E-state index in [0.717, 1.165) is 5.19 Å². The Morgan fingerprint density at radius 1 is 1.19 bits per heavy atom. The van der Waals surface area contributed by atoms with Crippen molar-refractivity contribution in [1.82, 2.24) is 0 Å². The summed E-state index contributed by atoms with van der Waals surface area (Å²) in [5.74, 6) is -0.457. The molecular weight excluding hydrogens is 220 g/mol. The molecule has 0 unspecified atom stereocenters. The van der Waals surface area contributed by atoms with Gasteiger partial charge in [-0.1, -0.05) is 48.6 Å². The van der Waals surface area contributed by atoms with Gasteiger partial charge < -0.3 is 9.53 Å². The number of esters is 1. The van der Waals surface area contributed by atoms with Crippen molar-refractivity contribution in [2.24, 2.45) is 0 Å². The summed E-state index contributed by atoms with van der Waals surface area (Å²) in [6, 6.07) is 9.63. The van der Waals surface area contributed by atoms with Gasteiger partial charge in [0.2, 0.25) is 0 Å². The maximum atomic E-state index is 12.0. The fourth-order valence-corrected chi connectivity index (χ4v) is 3.37. The zero-order chi connectivity index (χ0) is 12.2. The molecule has 1 aromatic carbocycles. The molecule has 1 aromatic rings. The average molecular weight is 236 g/mol. The second kappa shape index (κ2) is 5.07. The summed E-state index contributed by atoms with van der Waals surface area (Å²) < 4.78 is 4.51. The summed E-state index contributed by atoms with van der Waals surface area (Å²) in [5.41, 5.74) is 0. The lowest BCUT2D eigenvalue weighted by atomic mass is 10.4. The number of carbonyl (C=O) groups is 2. The number of carbonyl (C=O) groups excluding carboxylic acids is 2. The van der Waals surface area contributed by atoms with Crippen molar-refractivity contribution in [3.63, 3.8) is 0 Å². The molecule has 0 aromatic heterocycles. The van der Waals surface area contributed by atoms with Gasteiger partial charge in [0.15, 0.2) is 8.07 Å². The van der Waals surface area contributed by atoms with Crippen LogP contribution >= 0.6 is 0 Å². The fourth-order valence-electron chi connectivity index (χ4n) is 1.44. The first kappa shape index (κ1) is 12.6. The number of hydrogen-bond donors (Lipinski definition) is 0. The van der Waals surface area contributed by atoms with Gasteiger partial charge in [-0.05, 0) is 0 Å². The van der Waals surface area contributed by atoms with Crippen LogP contribution in [0.15, 0.2) is 30.3 Å². The quantitative estimate of drug-likeness (QED) is 0.449. The predicted molar refractivity (Wildman–Crippen MR) is 65.2 cm³/mol. The van der Waals surface area contributed by atoms with Gasteiger partial charge in [-0.2, -0.15) is 0 Å². The number of ether oxygens (including phenoxy) is 1. The van der Waals surface area contributed by atoms with E-state index >= 15 is 0 Å². The van der Waals surface area contributed by atoms with Gasteiger partial charge in [0.1, 0.15) is 5.41 Å². The molecule has 0 saturated carbocycles. The molecule has 0 radical (unpaired) electrons. The van der Waals surface area contributed by atoms with Gasteiger partial charge in [-0.25, -0.2) is 0 Å². The number of benzene rings is 1. The van der Waals surface area contributed by atoms with Crippen molar-refractivity contribution < 1.29 is 14.3 Å². The van der Waals surface area contributed by atoms with E-state index in [4.69, 9.17) is 0 Å². The molecule has 1 rings (SSSR count). The first-order valence-electron chi connectivity index (χ1n) is 5.14. The maximum absolute atomic E-state index is 12.0. The Morgan fingerprint density at radius 3 is 2.25 bits per heavy atom. The molecule has 0 N–H and O–H groups in total. The Bertz CT molecular complexity index is 385. The van der Waals surface area contributed by atoms with E-state index in [9.17, 15) is 9.59 Å². The van der Waals surface area contributed by atoms with Gasteiger partial charge in [0, 0.05) is 0 Å². The molecule has 0 aliphatic carbocycles. The Hall–Kier alpha value is -1.42. The molecule has 0 spiro atoms. The first-order chi connectivity index (χ1) is 7.48. The minimum absolute atomic E-state index is 0.00514. The molecule has 0 aliphatic rings. The van der Waals surface area contributed by atoms with Crippen LogP contribution in [0.1, 0.15) is 6.42 Å². The monoisotopic (exact) mass is 236 g/mol. The van der Waals surface area contributed by atoms with Crippen molar-refractivity contribution in [2.75, 3.05) is 7.11 Å². The summed E-state index contributed by atoms with van der Waals surface area (Å²) >= 11 is 0. The SMILES string of the molecule is COC(=O)CC(=O)[Si](C)(C)c1ccccc1. The summed E-state index contributed by atoms with van der Waals surface area (Å²) in [6.07, 6.45) is -0.120. The Balaban J connectivity index is 2.86. The van der Waals surface area contributed by atoms with Crippen LogP contribution in [0.4, 0.5) is 0 Å². The predicted octanol–water partition coefficient (Wildman–Crippen LogP) is 1.27. The molecule has 16 heavy (non-hydrogen) atoms. The van der Waals surface area contributed by atoms with E-state index in [0.29, 0.717) is 0 Å². The Labute approximate surface area is 96.4 Å². The third kappa shape index (κ3) is 2.79. The maximum Gasteiger partial charge on any atom is 0.312 e. The topological polar surface area (TPSA) is 43.4 Å². The smallest absolute Gasteiger partial charge is 0.312 e. The van der Waals surface area contributed by atoms with Crippen LogP contribution in [0.2, 0.25) is 13.1 Å². The normalized spacial score (nSPS) is 10.9. The summed E-state index contributed by atoms with van der Waals surface area (Å²) in [4.78, 5) is 23.1. The standard InChI is InChI=1S/C12H16O3Si/c1-15-11(13)9-12(14)16(2,3)10-7-5-4-6-8-10/h4-8H,9H2,1-3H3. The summed E-state index contributed by atoms with van der Waals surface area (Å²) in [6.45, 7) is 3.90. The highest BCUT2D eigenvalue weighted by atomic mass is 28.3. The number of methoxy groups -OCH3 is 1. The molecule has 0 atom stereocenters. The van der Waals surface area contributed by atoms with E-state index in [1.807, 2.05) is 43.4 Å². The molecule has 0 fully saturated rings. The van der Waals surface area contributed by atoms with Gasteiger partial charge in [-0.15, -0.1) is 0 Å². The van der Waals surface area contributed by atoms with Crippen molar-refractivity contribution in [3.05, 3.63) is 30.3 Å². The van der Waals surface area contributed by atoms with Crippen LogP contribution in [0.5, 0.6) is 0 Å². The van der Waals surface area contributed by atoms with Crippen molar-refractivity contribution in [3.8, 4) is 0 Å². The van der Waals surface area contributed by atoms with Crippen LogP contribution < -0.4 is 5.19 Å². The Morgan fingerprint density at radius 2 is 1.75 bits per heavy atom. The van der Waals surface area contributed by atoms with Crippen LogP contribution in [-0.4, -0.2) is 26.6 Å². The number of rotatable bonds is 4. The minimum Gasteiger partial charge on any atom is -0.469 e. The second-order valence-electron chi connectivity index (χ2n) is 4.17. The molecule has 86 valence electrons. The third-order valence-corrected chi connectivity index (χ3v) is 6.07. The Kier molecular flexibility index (Phi) is 4.01. The van der Waals surface area contributed by atoms with E-state index in [2.05, 4.69) is 4.74 Å². The van der Waals surface area contributed by atoms with Crippen LogP contribution in [-0.2, 0) is 14.3 Å². The second-order valence-corrected chi connectivity index (χ2v) is 8.55. The highest BCUT2D eigenvalue weighted by Crippen LogP contribution is 2.07. The number of hydrogen-bond acceptors (Lipinski definition) is 3. The van der Waals surface area contributed by atoms with Gasteiger partial charge in [0.25, 0.3) is 0 Å². The molecule has 0 aliphatic heterocycles. The molecule has 0 saturated heterocycles. The van der Waals surface area contributed by atoms with Gasteiger partial charge in [-0.3, -0.25) is 4.79 Å². The first-order valence-corrected chi connectivity index (χ1v) is 8.14. The highest BCUT2D eigenvalue weighted by Gasteiger charge is 2.33. The molecule has 3 nitrogen and oxygen atoms in total. The van der Waals surface area contributed by atoms with Gasteiger partial charge >= 0.3 is 5.97 Å². The largest absolute Gasteiger partial charge is 0.469 e. The van der Waals surface area contributed by atoms with Crippen LogP contribution in [0.3, 0.4) is 0 Å². The minimum atomic E-state index is -2.20. The van der Waals surface area contributed by atoms with E-state index in [-0.39, 0.29) is 11.8 Å². The highest BCUT2D eigenvalue weighted by molar-refractivity contribution is 7.13. The van der Waals surface area contributed by atoms with Crippen molar-refractivity contribution >= 4 is 24.6 Å². The lowest BCUT2D eigenvalue weighted by Crippen LogP contribution is -2.50. The lowest BCUT2D eigenvalue weighted by molar-refractivity contribution is -0.142. The van der Waals surface area contributed by atoms with E-state index in [1.165, 1.54) is 7.11 Å². The molecule has 4 heteroatoms. The third-order valence-electron chi connectivity index (χ3n) is 2.73. The van der Waals surface area contributed by atoms with Crippen LogP contribution in [0, 0.1) is 0 Å². The average Bonchev–Trinajstić information content (AvgIpc) is 2.29. The summed E-state index contributed by atoms with van der Waals surface area (Å²) in [5, 5.41) is 1.05. The molecule has 0 amide bonds. The summed E-state index contributed by atoms with van der Waals surface area (Å²) in [7, 11) is -0.903. The van der Waals surface area contributed by atoms with E-state index < -0.39 is 14.0 Å². The lowest BCUT2D eigenvalue weighted by Gasteiger charge is -2.20. The van der Waals surface area contributed by atoms with E-state index in [1.54, 1.807) is 0 Å². The van der Waals surface area contributed by atoms with Gasteiger partial charge in [0.05, 0.1) is 13.5 Å². The zero-order valence-electron chi connectivity index (χ0n) is 9.82. The molecular formula is C12H16O3Si. The zero-order valence-corrected chi connectivity index (χ0v) is 10.8. The molecule has 0 bridgehead atoms. The van der Waals surface area contributed by atoms with Crippen molar-refractivity contribution in [2.45, 2.75) is 19.5 Å². The van der Waals surface area contributed by atoms with Crippen molar-refractivity contribution in [1.29, 1.82) is 0 Å². The fraction of sp³-hybridized carbons (Fsp3) is 0.333. The van der Waals surface area contributed by atoms with Crippen LogP contribution in [0.25, 0.3) is 0 Å².